The van der Waals surface area contributed by atoms with E-state index in [-0.39, 0.29) is 24.7 Å². The van der Waals surface area contributed by atoms with E-state index in [2.05, 4.69) is 5.32 Å². The fourth-order valence-electron chi connectivity index (χ4n) is 2.50. The SMILES string of the molecule is Cc1ccc(C)c(OCC(=O)NCc2cccc(NC(=O)C(F)(F)F)c2)c1C. The van der Waals surface area contributed by atoms with Crippen molar-refractivity contribution in [2.24, 2.45) is 0 Å². The summed E-state index contributed by atoms with van der Waals surface area (Å²) in [4.78, 5) is 23.0. The number of anilines is 1. The molecule has 0 unspecified atom stereocenters. The van der Waals surface area contributed by atoms with E-state index in [9.17, 15) is 22.8 Å². The molecule has 2 aromatic carbocycles. The van der Waals surface area contributed by atoms with Crippen LogP contribution in [0.25, 0.3) is 0 Å². The number of amides is 2. The standard InChI is InChI=1S/C20H21F3N2O3/c1-12-7-8-13(2)18(14(12)3)28-11-17(26)24-10-15-5-4-6-16(9-15)25-19(27)20(21,22)23/h4-9H,10-11H2,1-3H3,(H,24,26)(H,25,27). The lowest BCUT2D eigenvalue weighted by Gasteiger charge is -2.14. The van der Waals surface area contributed by atoms with E-state index in [1.54, 1.807) is 11.4 Å². The second-order valence-corrected chi connectivity index (χ2v) is 6.37. The van der Waals surface area contributed by atoms with Crippen LogP contribution in [-0.4, -0.2) is 24.6 Å². The summed E-state index contributed by atoms with van der Waals surface area (Å²) >= 11 is 0. The van der Waals surface area contributed by atoms with Crippen molar-refractivity contribution >= 4 is 17.5 Å². The molecule has 28 heavy (non-hydrogen) atoms. The molecule has 2 rings (SSSR count). The molecule has 0 heterocycles. The van der Waals surface area contributed by atoms with Gasteiger partial charge >= 0.3 is 12.1 Å². The molecule has 5 nitrogen and oxygen atoms in total. The molecule has 0 saturated carbocycles. The number of hydrogen-bond acceptors (Lipinski definition) is 3. The number of rotatable bonds is 6. The van der Waals surface area contributed by atoms with E-state index >= 15 is 0 Å². The predicted octanol–water partition coefficient (Wildman–Crippen LogP) is 3.81. The van der Waals surface area contributed by atoms with E-state index in [1.807, 2.05) is 32.9 Å². The Kier molecular flexibility index (Phi) is 6.66. The monoisotopic (exact) mass is 394 g/mol. The highest BCUT2D eigenvalue weighted by atomic mass is 19.4. The van der Waals surface area contributed by atoms with Crippen LogP contribution < -0.4 is 15.4 Å². The van der Waals surface area contributed by atoms with Gasteiger partial charge in [-0.3, -0.25) is 9.59 Å². The zero-order valence-electron chi connectivity index (χ0n) is 15.7. The maximum Gasteiger partial charge on any atom is 0.471 e. The summed E-state index contributed by atoms with van der Waals surface area (Å²) in [5.74, 6) is -1.76. The maximum absolute atomic E-state index is 12.3. The number of carbonyl (C=O) groups is 2. The smallest absolute Gasteiger partial charge is 0.471 e. The van der Waals surface area contributed by atoms with Crippen molar-refractivity contribution in [2.75, 3.05) is 11.9 Å². The lowest BCUT2D eigenvalue weighted by Crippen LogP contribution is -2.30. The average molecular weight is 394 g/mol. The number of halogens is 3. The lowest BCUT2D eigenvalue weighted by atomic mass is 10.1. The molecular weight excluding hydrogens is 373 g/mol. The van der Waals surface area contributed by atoms with Crippen molar-refractivity contribution in [3.05, 3.63) is 58.7 Å². The molecule has 0 atom stereocenters. The zero-order valence-corrected chi connectivity index (χ0v) is 15.7. The van der Waals surface area contributed by atoms with Crippen LogP contribution in [0.1, 0.15) is 22.3 Å². The Morgan fingerprint density at radius 2 is 1.71 bits per heavy atom. The first-order valence-electron chi connectivity index (χ1n) is 8.51. The number of aryl methyl sites for hydroxylation is 2. The normalized spacial score (nSPS) is 11.1. The zero-order chi connectivity index (χ0) is 20.9. The van der Waals surface area contributed by atoms with E-state index < -0.39 is 12.1 Å². The number of carbonyl (C=O) groups excluding carboxylic acids is 2. The van der Waals surface area contributed by atoms with E-state index in [0.717, 1.165) is 16.7 Å². The van der Waals surface area contributed by atoms with Gasteiger partial charge in [-0.1, -0.05) is 24.3 Å². The molecular formula is C20H21F3N2O3. The Bertz CT molecular complexity index is 879. The first kappa shape index (κ1) is 21.3. The van der Waals surface area contributed by atoms with Gasteiger partial charge in [0.1, 0.15) is 5.75 Å². The van der Waals surface area contributed by atoms with Gasteiger partial charge in [0, 0.05) is 12.2 Å². The molecule has 0 aliphatic carbocycles. The Labute approximate surface area is 160 Å². The van der Waals surface area contributed by atoms with Crippen molar-refractivity contribution in [3.63, 3.8) is 0 Å². The summed E-state index contributed by atoms with van der Waals surface area (Å²) in [6.07, 6.45) is -4.96. The molecule has 0 spiro atoms. The summed E-state index contributed by atoms with van der Waals surface area (Å²) < 4.78 is 42.6. The third kappa shape index (κ3) is 5.73. The molecule has 0 fully saturated rings. The fourth-order valence-corrected chi connectivity index (χ4v) is 2.50. The molecule has 8 heteroatoms. The van der Waals surface area contributed by atoms with Crippen LogP contribution in [0.2, 0.25) is 0 Å². The van der Waals surface area contributed by atoms with Crippen LogP contribution in [-0.2, 0) is 16.1 Å². The highest BCUT2D eigenvalue weighted by Crippen LogP contribution is 2.25. The van der Waals surface area contributed by atoms with Crippen LogP contribution in [0.4, 0.5) is 18.9 Å². The van der Waals surface area contributed by atoms with Crippen molar-refractivity contribution < 1.29 is 27.5 Å². The summed E-state index contributed by atoms with van der Waals surface area (Å²) in [7, 11) is 0. The van der Waals surface area contributed by atoms with Gasteiger partial charge in [0.05, 0.1) is 0 Å². The Morgan fingerprint density at radius 3 is 2.39 bits per heavy atom. The molecule has 2 amide bonds. The van der Waals surface area contributed by atoms with E-state index in [0.29, 0.717) is 11.3 Å². The van der Waals surface area contributed by atoms with Gasteiger partial charge in [-0.2, -0.15) is 13.2 Å². The summed E-state index contributed by atoms with van der Waals surface area (Å²) in [5.41, 5.74) is 3.47. The maximum atomic E-state index is 12.3. The van der Waals surface area contributed by atoms with Crippen LogP contribution in [0.5, 0.6) is 5.75 Å². The number of hydrogen-bond donors (Lipinski definition) is 2. The second kappa shape index (κ2) is 8.77. The summed E-state index contributed by atoms with van der Waals surface area (Å²) in [6.45, 7) is 5.66. The highest BCUT2D eigenvalue weighted by molar-refractivity contribution is 5.94. The molecule has 0 radical (unpaired) electrons. The minimum atomic E-state index is -4.96. The quantitative estimate of drug-likeness (QED) is 0.783. The van der Waals surface area contributed by atoms with Gasteiger partial charge in [-0.25, -0.2) is 0 Å². The first-order valence-corrected chi connectivity index (χ1v) is 8.51. The van der Waals surface area contributed by atoms with Crippen LogP contribution in [0.3, 0.4) is 0 Å². The van der Waals surface area contributed by atoms with Gasteiger partial charge < -0.3 is 15.4 Å². The molecule has 0 aliphatic rings. The van der Waals surface area contributed by atoms with E-state index in [4.69, 9.17) is 4.74 Å². The largest absolute Gasteiger partial charge is 0.483 e. The average Bonchev–Trinajstić information content (AvgIpc) is 2.62. The molecule has 0 aliphatic heterocycles. The lowest BCUT2D eigenvalue weighted by molar-refractivity contribution is -0.167. The van der Waals surface area contributed by atoms with Crippen LogP contribution in [0, 0.1) is 20.8 Å². The number of alkyl halides is 3. The second-order valence-electron chi connectivity index (χ2n) is 6.37. The molecule has 0 bridgehead atoms. The minimum absolute atomic E-state index is 0.00339. The third-order valence-corrected chi connectivity index (χ3v) is 4.15. The van der Waals surface area contributed by atoms with E-state index in [1.165, 1.54) is 18.2 Å². The first-order chi connectivity index (χ1) is 13.1. The van der Waals surface area contributed by atoms with Gasteiger partial charge in [0.15, 0.2) is 6.61 Å². The highest BCUT2D eigenvalue weighted by Gasteiger charge is 2.38. The molecule has 0 saturated heterocycles. The van der Waals surface area contributed by atoms with Gasteiger partial charge in [-0.15, -0.1) is 0 Å². The third-order valence-electron chi connectivity index (χ3n) is 4.15. The summed E-state index contributed by atoms with van der Waals surface area (Å²) in [6, 6.07) is 9.70. The Morgan fingerprint density at radius 1 is 1.04 bits per heavy atom. The Hall–Kier alpha value is -3.03. The van der Waals surface area contributed by atoms with Gasteiger partial charge in [0.25, 0.3) is 5.91 Å². The number of benzene rings is 2. The molecule has 2 aromatic rings. The van der Waals surface area contributed by atoms with Crippen molar-refractivity contribution in [1.82, 2.24) is 5.32 Å². The van der Waals surface area contributed by atoms with Crippen LogP contribution >= 0.6 is 0 Å². The van der Waals surface area contributed by atoms with Gasteiger partial charge in [0.2, 0.25) is 0 Å². The number of ether oxygens (including phenoxy) is 1. The predicted molar refractivity (Wildman–Crippen MR) is 99.1 cm³/mol. The molecule has 2 N–H and O–H groups in total. The number of nitrogens with one attached hydrogen (secondary N) is 2. The minimum Gasteiger partial charge on any atom is -0.483 e. The van der Waals surface area contributed by atoms with Crippen molar-refractivity contribution in [2.45, 2.75) is 33.5 Å². The van der Waals surface area contributed by atoms with Crippen LogP contribution in [0.15, 0.2) is 36.4 Å². The van der Waals surface area contributed by atoms with Gasteiger partial charge in [-0.05, 0) is 55.2 Å². The summed E-state index contributed by atoms with van der Waals surface area (Å²) in [5, 5.41) is 4.41. The van der Waals surface area contributed by atoms with Crippen molar-refractivity contribution in [1.29, 1.82) is 0 Å². The topological polar surface area (TPSA) is 67.4 Å². The molecule has 150 valence electrons. The Balaban J connectivity index is 1.90. The fraction of sp³-hybridized carbons (Fsp3) is 0.300. The molecule has 0 aromatic heterocycles. The van der Waals surface area contributed by atoms with Crippen molar-refractivity contribution in [3.8, 4) is 5.75 Å².